The number of carbonyl (C=O) groups is 1. The Balaban J connectivity index is 2.13. The van der Waals surface area contributed by atoms with Crippen LogP contribution in [0, 0.1) is 6.92 Å². The summed E-state index contributed by atoms with van der Waals surface area (Å²) in [5, 5.41) is 12.2. The molecular weight excluding hydrogens is 238 g/mol. The molecular formula is C16H17NO2. The molecule has 0 radical (unpaired) electrons. The lowest BCUT2D eigenvalue weighted by molar-refractivity contribution is -0.136. The zero-order valence-electron chi connectivity index (χ0n) is 10.9. The number of benzene rings is 2. The average molecular weight is 255 g/mol. The monoisotopic (exact) mass is 255 g/mol. The Morgan fingerprint density at radius 1 is 1.16 bits per heavy atom. The van der Waals surface area contributed by atoms with E-state index in [1.54, 1.807) is 0 Å². The Bertz CT molecular complexity index is 564. The molecule has 3 nitrogen and oxygen atoms in total. The number of rotatable bonds is 5. The van der Waals surface area contributed by atoms with Crippen LogP contribution in [-0.2, 0) is 17.8 Å². The molecule has 0 fully saturated rings. The molecule has 0 saturated carbocycles. The van der Waals surface area contributed by atoms with E-state index in [4.69, 9.17) is 5.11 Å². The molecule has 0 aromatic heterocycles. The van der Waals surface area contributed by atoms with Crippen molar-refractivity contribution in [3.8, 4) is 0 Å². The Morgan fingerprint density at radius 2 is 1.89 bits per heavy atom. The minimum Gasteiger partial charge on any atom is -0.481 e. The predicted octanol–water partition coefficient (Wildman–Crippen LogP) is 3.23. The summed E-state index contributed by atoms with van der Waals surface area (Å²) in [6, 6.07) is 15.9. The highest BCUT2D eigenvalue weighted by Crippen LogP contribution is 2.19. The first-order valence-corrected chi connectivity index (χ1v) is 6.24. The van der Waals surface area contributed by atoms with Crippen molar-refractivity contribution < 1.29 is 9.90 Å². The fourth-order valence-corrected chi connectivity index (χ4v) is 2.00. The van der Waals surface area contributed by atoms with E-state index in [1.807, 2.05) is 55.5 Å². The zero-order chi connectivity index (χ0) is 13.7. The van der Waals surface area contributed by atoms with Crippen LogP contribution < -0.4 is 5.32 Å². The Hall–Kier alpha value is -2.29. The third-order valence-electron chi connectivity index (χ3n) is 2.93. The SMILES string of the molecule is Cc1ccc(NCc2ccccc2)c(CC(=O)O)c1. The zero-order valence-corrected chi connectivity index (χ0v) is 10.9. The van der Waals surface area contributed by atoms with Crippen molar-refractivity contribution in [2.75, 3.05) is 5.32 Å². The van der Waals surface area contributed by atoms with Gasteiger partial charge in [0.25, 0.3) is 0 Å². The molecule has 98 valence electrons. The summed E-state index contributed by atoms with van der Waals surface area (Å²) in [6.07, 6.45) is 0.0405. The van der Waals surface area contributed by atoms with Gasteiger partial charge in [0.2, 0.25) is 0 Å². The van der Waals surface area contributed by atoms with Crippen LogP contribution in [-0.4, -0.2) is 11.1 Å². The lowest BCUT2D eigenvalue weighted by Gasteiger charge is -2.12. The summed E-state index contributed by atoms with van der Waals surface area (Å²) in [6.45, 7) is 2.66. The first-order chi connectivity index (χ1) is 9.15. The Labute approximate surface area is 112 Å². The van der Waals surface area contributed by atoms with E-state index < -0.39 is 5.97 Å². The van der Waals surface area contributed by atoms with Gasteiger partial charge in [0.15, 0.2) is 0 Å². The molecule has 0 aliphatic rings. The second kappa shape index (κ2) is 6.05. The van der Waals surface area contributed by atoms with Crippen LogP contribution in [0.25, 0.3) is 0 Å². The summed E-state index contributed by atoms with van der Waals surface area (Å²) in [4.78, 5) is 10.9. The van der Waals surface area contributed by atoms with Crippen molar-refractivity contribution in [2.24, 2.45) is 0 Å². The van der Waals surface area contributed by atoms with Crippen molar-refractivity contribution >= 4 is 11.7 Å². The molecule has 0 unspecified atom stereocenters. The molecule has 19 heavy (non-hydrogen) atoms. The molecule has 0 heterocycles. The van der Waals surface area contributed by atoms with Crippen LogP contribution in [0.15, 0.2) is 48.5 Å². The van der Waals surface area contributed by atoms with Crippen LogP contribution >= 0.6 is 0 Å². The van der Waals surface area contributed by atoms with Gasteiger partial charge in [-0.1, -0.05) is 48.0 Å². The topological polar surface area (TPSA) is 49.3 Å². The van der Waals surface area contributed by atoms with Gasteiger partial charge in [0, 0.05) is 12.2 Å². The third kappa shape index (κ3) is 3.85. The Kier molecular flexibility index (Phi) is 4.18. The van der Waals surface area contributed by atoms with Crippen LogP contribution in [0.3, 0.4) is 0 Å². The van der Waals surface area contributed by atoms with Crippen molar-refractivity contribution in [3.63, 3.8) is 0 Å². The third-order valence-corrected chi connectivity index (χ3v) is 2.93. The van der Waals surface area contributed by atoms with Crippen LogP contribution in [0.4, 0.5) is 5.69 Å². The smallest absolute Gasteiger partial charge is 0.307 e. The first-order valence-electron chi connectivity index (χ1n) is 6.24. The van der Waals surface area contributed by atoms with Crippen LogP contribution in [0.5, 0.6) is 0 Å². The summed E-state index contributed by atoms with van der Waals surface area (Å²) in [5.74, 6) is -0.812. The fraction of sp³-hybridized carbons (Fsp3) is 0.188. The number of carboxylic acid groups (broad SMARTS) is 1. The predicted molar refractivity (Wildman–Crippen MR) is 76.3 cm³/mol. The molecule has 0 aliphatic heterocycles. The molecule has 0 aliphatic carbocycles. The van der Waals surface area contributed by atoms with Crippen LogP contribution in [0.1, 0.15) is 16.7 Å². The normalized spacial score (nSPS) is 10.2. The highest BCUT2D eigenvalue weighted by atomic mass is 16.4. The standard InChI is InChI=1S/C16H17NO2/c1-12-7-8-15(14(9-12)10-16(18)19)17-11-13-5-3-2-4-6-13/h2-9,17H,10-11H2,1H3,(H,18,19). The maximum atomic E-state index is 10.9. The van der Waals surface area contributed by atoms with Crippen molar-refractivity contribution in [3.05, 3.63) is 65.2 Å². The van der Waals surface area contributed by atoms with Gasteiger partial charge in [-0.15, -0.1) is 0 Å². The van der Waals surface area contributed by atoms with Gasteiger partial charge in [-0.3, -0.25) is 4.79 Å². The van der Waals surface area contributed by atoms with Crippen molar-refractivity contribution in [2.45, 2.75) is 19.9 Å². The van der Waals surface area contributed by atoms with E-state index in [1.165, 1.54) is 5.56 Å². The number of hydrogen-bond donors (Lipinski definition) is 2. The molecule has 2 N–H and O–H groups in total. The number of carboxylic acids is 1. The van der Waals surface area contributed by atoms with E-state index >= 15 is 0 Å². The summed E-state index contributed by atoms with van der Waals surface area (Å²) >= 11 is 0. The van der Waals surface area contributed by atoms with Gasteiger partial charge >= 0.3 is 5.97 Å². The van der Waals surface area contributed by atoms with Gasteiger partial charge in [0.1, 0.15) is 0 Å². The van der Waals surface area contributed by atoms with Crippen molar-refractivity contribution in [1.29, 1.82) is 0 Å². The number of nitrogens with one attached hydrogen (secondary N) is 1. The molecule has 2 aromatic carbocycles. The highest BCUT2D eigenvalue weighted by molar-refractivity contribution is 5.73. The second-order valence-corrected chi connectivity index (χ2v) is 4.57. The van der Waals surface area contributed by atoms with E-state index in [-0.39, 0.29) is 6.42 Å². The van der Waals surface area contributed by atoms with E-state index in [2.05, 4.69) is 5.32 Å². The Morgan fingerprint density at radius 3 is 2.58 bits per heavy atom. The van der Waals surface area contributed by atoms with Gasteiger partial charge in [-0.05, 0) is 24.1 Å². The maximum absolute atomic E-state index is 10.9. The fourth-order valence-electron chi connectivity index (χ4n) is 2.00. The number of anilines is 1. The average Bonchev–Trinajstić information content (AvgIpc) is 2.38. The second-order valence-electron chi connectivity index (χ2n) is 4.57. The minimum absolute atomic E-state index is 0.0405. The van der Waals surface area contributed by atoms with E-state index in [0.29, 0.717) is 6.54 Å². The maximum Gasteiger partial charge on any atom is 0.307 e. The summed E-state index contributed by atoms with van der Waals surface area (Å²) < 4.78 is 0. The molecule has 0 bridgehead atoms. The molecule has 2 aromatic rings. The van der Waals surface area contributed by atoms with Crippen molar-refractivity contribution in [1.82, 2.24) is 0 Å². The molecule has 3 heteroatoms. The van der Waals surface area contributed by atoms with E-state index in [9.17, 15) is 4.79 Å². The first kappa shape index (κ1) is 13.1. The lowest BCUT2D eigenvalue weighted by Crippen LogP contribution is -2.06. The van der Waals surface area contributed by atoms with Gasteiger partial charge in [-0.2, -0.15) is 0 Å². The largest absolute Gasteiger partial charge is 0.481 e. The van der Waals surface area contributed by atoms with Crippen LogP contribution in [0.2, 0.25) is 0 Å². The highest BCUT2D eigenvalue weighted by Gasteiger charge is 2.07. The summed E-state index contributed by atoms with van der Waals surface area (Å²) in [5.41, 5.74) is 3.95. The number of hydrogen-bond acceptors (Lipinski definition) is 2. The van der Waals surface area contributed by atoms with E-state index in [0.717, 1.165) is 16.8 Å². The van der Waals surface area contributed by atoms with Gasteiger partial charge in [-0.25, -0.2) is 0 Å². The minimum atomic E-state index is -0.812. The quantitative estimate of drug-likeness (QED) is 0.862. The van der Waals surface area contributed by atoms with Gasteiger partial charge in [0.05, 0.1) is 6.42 Å². The number of aliphatic carboxylic acids is 1. The molecule has 0 saturated heterocycles. The lowest BCUT2D eigenvalue weighted by atomic mass is 10.1. The molecule has 0 amide bonds. The molecule has 0 atom stereocenters. The summed E-state index contributed by atoms with van der Waals surface area (Å²) in [7, 11) is 0. The molecule has 2 rings (SSSR count). The molecule has 0 spiro atoms. The van der Waals surface area contributed by atoms with Gasteiger partial charge < -0.3 is 10.4 Å². The number of aryl methyl sites for hydroxylation is 1.